The molecule has 2 rings (SSSR count). The maximum absolute atomic E-state index is 12.8. The normalized spacial score (nSPS) is 16.8. The predicted octanol–water partition coefficient (Wildman–Crippen LogP) is 1.90. The minimum absolute atomic E-state index is 0.0121. The third-order valence-corrected chi connectivity index (χ3v) is 1.89. The molecule has 0 aromatic heterocycles. The first-order valence-electron chi connectivity index (χ1n) is 4.58. The van der Waals surface area contributed by atoms with Crippen LogP contribution in [0.15, 0.2) is 23.3 Å². The summed E-state index contributed by atoms with van der Waals surface area (Å²) < 4.78 is 34.3. The van der Waals surface area contributed by atoms with Gasteiger partial charge >= 0.3 is 6.29 Å². The van der Waals surface area contributed by atoms with Crippen LogP contribution in [-0.2, 0) is 0 Å². The van der Waals surface area contributed by atoms with Crippen molar-refractivity contribution in [2.45, 2.75) is 6.29 Å². The highest BCUT2D eigenvalue weighted by Crippen LogP contribution is 2.42. The molecule has 0 unspecified atom stereocenters. The van der Waals surface area contributed by atoms with Gasteiger partial charge in [0.05, 0.1) is 6.21 Å². The lowest BCUT2D eigenvalue weighted by atomic mass is 10.2. The van der Waals surface area contributed by atoms with Crippen LogP contribution >= 0.6 is 0 Å². The van der Waals surface area contributed by atoms with Crippen LogP contribution in [0.25, 0.3) is 0 Å². The standard InChI is InChI=1S/C10H10F2N2O2/c1-14(2)13-6-7-4-3-5-8-9(7)16-10(11,12)15-8/h3-6H,1-2H3/b13-6-. The van der Waals surface area contributed by atoms with Gasteiger partial charge in [-0.3, -0.25) is 0 Å². The fourth-order valence-electron chi connectivity index (χ4n) is 1.27. The molecule has 0 aliphatic carbocycles. The Morgan fingerprint density at radius 3 is 2.75 bits per heavy atom. The van der Waals surface area contributed by atoms with Gasteiger partial charge in [-0.25, -0.2) is 0 Å². The molecule has 0 amide bonds. The SMILES string of the molecule is CN(C)/N=C\c1cccc2c1OC(F)(F)O2. The number of hydrogen-bond donors (Lipinski definition) is 0. The van der Waals surface area contributed by atoms with E-state index in [4.69, 9.17) is 0 Å². The Labute approximate surface area is 91.1 Å². The molecule has 1 aliphatic rings. The number of fused-ring (bicyclic) bond motifs is 1. The second kappa shape index (κ2) is 3.62. The van der Waals surface area contributed by atoms with E-state index >= 15 is 0 Å². The second-order valence-corrected chi connectivity index (χ2v) is 3.43. The summed E-state index contributed by atoms with van der Waals surface area (Å²) in [6, 6.07) is 4.64. The number of nitrogens with zero attached hydrogens (tertiary/aromatic N) is 2. The van der Waals surface area contributed by atoms with Gasteiger partial charge in [0.25, 0.3) is 0 Å². The number of hydrazone groups is 1. The predicted molar refractivity (Wildman–Crippen MR) is 53.9 cm³/mol. The fraction of sp³-hybridized carbons (Fsp3) is 0.300. The van der Waals surface area contributed by atoms with Crippen molar-refractivity contribution in [3.05, 3.63) is 23.8 Å². The molecule has 1 heterocycles. The van der Waals surface area contributed by atoms with E-state index in [0.29, 0.717) is 5.56 Å². The highest BCUT2D eigenvalue weighted by atomic mass is 19.3. The van der Waals surface area contributed by atoms with Crippen LogP contribution in [0.5, 0.6) is 11.5 Å². The largest absolute Gasteiger partial charge is 0.586 e. The monoisotopic (exact) mass is 228 g/mol. The quantitative estimate of drug-likeness (QED) is 0.572. The Bertz CT molecular complexity index is 433. The Hall–Kier alpha value is -1.85. The van der Waals surface area contributed by atoms with Gasteiger partial charge in [-0.2, -0.15) is 5.10 Å². The van der Waals surface area contributed by atoms with E-state index in [2.05, 4.69) is 14.6 Å². The zero-order chi connectivity index (χ0) is 11.8. The summed E-state index contributed by atoms with van der Waals surface area (Å²) in [5.74, 6) is 0.0332. The zero-order valence-electron chi connectivity index (χ0n) is 8.78. The molecule has 0 saturated carbocycles. The highest BCUT2D eigenvalue weighted by Gasteiger charge is 2.44. The Morgan fingerprint density at radius 2 is 2.06 bits per heavy atom. The zero-order valence-corrected chi connectivity index (χ0v) is 8.78. The number of hydrogen-bond acceptors (Lipinski definition) is 4. The number of para-hydroxylation sites is 1. The summed E-state index contributed by atoms with van der Waals surface area (Å²) in [6.07, 6.45) is -2.16. The molecule has 86 valence electrons. The van der Waals surface area contributed by atoms with Gasteiger partial charge < -0.3 is 14.5 Å². The molecule has 0 N–H and O–H groups in total. The average molecular weight is 228 g/mol. The molecule has 0 atom stereocenters. The third-order valence-electron chi connectivity index (χ3n) is 1.89. The van der Waals surface area contributed by atoms with Crippen LogP contribution in [0.4, 0.5) is 8.78 Å². The third kappa shape index (κ3) is 2.05. The summed E-state index contributed by atoms with van der Waals surface area (Å²) in [4.78, 5) is 0. The Morgan fingerprint density at radius 1 is 1.31 bits per heavy atom. The van der Waals surface area contributed by atoms with E-state index in [1.807, 2.05) is 0 Å². The van der Waals surface area contributed by atoms with Crippen molar-refractivity contribution >= 4 is 6.21 Å². The van der Waals surface area contributed by atoms with Gasteiger partial charge in [-0.1, -0.05) is 6.07 Å². The van der Waals surface area contributed by atoms with Crippen molar-refractivity contribution in [2.75, 3.05) is 14.1 Å². The first kappa shape index (κ1) is 10.7. The summed E-state index contributed by atoms with van der Waals surface area (Å²) in [5.41, 5.74) is 0.448. The van der Waals surface area contributed by atoms with Crippen LogP contribution in [0, 0.1) is 0 Å². The molecule has 4 nitrogen and oxygen atoms in total. The number of rotatable bonds is 2. The van der Waals surface area contributed by atoms with E-state index in [1.165, 1.54) is 12.3 Å². The molecule has 6 heteroatoms. The molecule has 0 saturated heterocycles. The van der Waals surface area contributed by atoms with E-state index in [9.17, 15) is 8.78 Å². The lowest BCUT2D eigenvalue weighted by Crippen LogP contribution is -2.26. The van der Waals surface area contributed by atoms with Gasteiger partial charge in [0, 0.05) is 19.7 Å². The van der Waals surface area contributed by atoms with Crippen molar-refractivity contribution in [3.63, 3.8) is 0 Å². The molecule has 16 heavy (non-hydrogen) atoms. The number of alkyl halides is 2. The average Bonchev–Trinajstić information content (AvgIpc) is 2.48. The minimum Gasteiger partial charge on any atom is -0.395 e. The van der Waals surface area contributed by atoms with Crippen molar-refractivity contribution in [1.82, 2.24) is 5.01 Å². The molecule has 1 aliphatic heterocycles. The maximum atomic E-state index is 12.8. The number of halogens is 2. The molecule has 0 spiro atoms. The molecule has 0 bridgehead atoms. The smallest absolute Gasteiger partial charge is 0.395 e. The van der Waals surface area contributed by atoms with Crippen LogP contribution in [0.1, 0.15) is 5.56 Å². The fourth-order valence-corrected chi connectivity index (χ4v) is 1.27. The van der Waals surface area contributed by atoms with Gasteiger partial charge in [0.15, 0.2) is 11.5 Å². The molecule has 1 aromatic rings. The number of ether oxygens (including phenoxy) is 2. The summed E-state index contributed by atoms with van der Waals surface area (Å²) in [6.45, 7) is 0. The minimum atomic E-state index is -3.59. The first-order chi connectivity index (χ1) is 7.48. The highest BCUT2D eigenvalue weighted by molar-refractivity contribution is 5.85. The van der Waals surface area contributed by atoms with E-state index in [-0.39, 0.29) is 11.5 Å². The van der Waals surface area contributed by atoms with Crippen molar-refractivity contribution in [1.29, 1.82) is 0 Å². The van der Waals surface area contributed by atoms with Gasteiger partial charge in [0.1, 0.15) is 0 Å². The van der Waals surface area contributed by atoms with Gasteiger partial charge in [0.2, 0.25) is 0 Å². The van der Waals surface area contributed by atoms with Crippen LogP contribution in [0.2, 0.25) is 0 Å². The van der Waals surface area contributed by atoms with E-state index in [0.717, 1.165) is 0 Å². The molecular weight excluding hydrogens is 218 g/mol. The van der Waals surface area contributed by atoms with E-state index < -0.39 is 6.29 Å². The van der Waals surface area contributed by atoms with E-state index in [1.54, 1.807) is 31.2 Å². The van der Waals surface area contributed by atoms with Crippen LogP contribution < -0.4 is 9.47 Å². The lowest BCUT2D eigenvalue weighted by molar-refractivity contribution is -0.286. The molecule has 0 fully saturated rings. The Kier molecular flexibility index (Phi) is 2.41. The van der Waals surface area contributed by atoms with Crippen molar-refractivity contribution < 1.29 is 18.3 Å². The van der Waals surface area contributed by atoms with Crippen LogP contribution in [0.3, 0.4) is 0 Å². The first-order valence-corrected chi connectivity index (χ1v) is 4.58. The van der Waals surface area contributed by atoms with Gasteiger partial charge in [-0.05, 0) is 12.1 Å². The van der Waals surface area contributed by atoms with Crippen molar-refractivity contribution in [3.8, 4) is 11.5 Å². The van der Waals surface area contributed by atoms with Gasteiger partial charge in [-0.15, -0.1) is 8.78 Å². The second-order valence-electron chi connectivity index (χ2n) is 3.43. The summed E-state index contributed by atoms with van der Waals surface area (Å²) in [7, 11) is 3.46. The molecule has 0 radical (unpaired) electrons. The van der Waals surface area contributed by atoms with Crippen molar-refractivity contribution in [2.24, 2.45) is 5.10 Å². The summed E-state index contributed by atoms with van der Waals surface area (Å²) in [5, 5.41) is 5.50. The van der Waals surface area contributed by atoms with Crippen LogP contribution in [-0.4, -0.2) is 31.6 Å². The molecule has 1 aromatic carbocycles. The number of benzene rings is 1. The maximum Gasteiger partial charge on any atom is 0.586 e. The Balaban J connectivity index is 2.34. The lowest BCUT2D eigenvalue weighted by Gasteiger charge is -2.05. The topological polar surface area (TPSA) is 34.1 Å². The molecular formula is C10H10F2N2O2. The summed E-state index contributed by atoms with van der Waals surface area (Å²) >= 11 is 0.